The number of carbonyl (C=O) groups excluding carboxylic acids is 1. The summed E-state index contributed by atoms with van der Waals surface area (Å²) in [5, 5.41) is 3.07. The van der Waals surface area contributed by atoms with Gasteiger partial charge in [-0.15, -0.1) is 24.0 Å². The molecule has 148 valence electrons. The molecule has 7 nitrogen and oxygen atoms in total. The van der Waals surface area contributed by atoms with E-state index in [1.165, 1.54) is 0 Å². The number of hydrogen-bond donors (Lipinski definition) is 2. The first-order valence-electron chi connectivity index (χ1n) is 8.58. The average molecular weight is 477 g/mol. The van der Waals surface area contributed by atoms with Gasteiger partial charge in [-0.3, -0.25) is 9.98 Å². The van der Waals surface area contributed by atoms with Crippen LogP contribution in [0.1, 0.15) is 39.8 Å². The van der Waals surface area contributed by atoms with Crippen molar-refractivity contribution in [1.82, 2.24) is 15.2 Å². The third kappa shape index (κ3) is 10.4. The topological polar surface area (TPSA) is 92.8 Å². The van der Waals surface area contributed by atoms with Crippen LogP contribution in [-0.2, 0) is 11.2 Å². The lowest BCUT2D eigenvalue weighted by atomic mass is 10.2. The molecular weight excluding hydrogens is 445 g/mol. The molecule has 0 spiro atoms. The van der Waals surface area contributed by atoms with E-state index >= 15 is 0 Å². The molecule has 0 aromatic carbocycles. The zero-order chi connectivity index (χ0) is 18.9. The highest BCUT2D eigenvalue weighted by molar-refractivity contribution is 14.0. The molecule has 1 atom stereocenters. The van der Waals surface area contributed by atoms with Gasteiger partial charge in [0, 0.05) is 44.5 Å². The number of nitrogens with zero attached hydrogens (tertiary/aromatic N) is 3. The maximum absolute atomic E-state index is 12.0. The number of nitrogens with one attached hydrogen (secondary N) is 1. The minimum absolute atomic E-state index is 0. The molecule has 3 N–H and O–H groups in total. The maximum atomic E-state index is 12.0. The summed E-state index contributed by atoms with van der Waals surface area (Å²) in [6.07, 6.45) is 2.94. The van der Waals surface area contributed by atoms with Gasteiger partial charge in [-0.2, -0.15) is 0 Å². The molecule has 0 fully saturated rings. The van der Waals surface area contributed by atoms with Crippen molar-refractivity contribution in [3.8, 4) is 0 Å². The molecule has 1 unspecified atom stereocenters. The largest absolute Gasteiger partial charge is 0.444 e. The molecule has 1 aromatic heterocycles. The molecule has 0 saturated carbocycles. The van der Waals surface area contributed by atoms with Crippen molar-refractivity contribution in [3.63, 3.8) is 0 Å². The van der Waals surface area contributed by atoms with Crippen LogP contribution in [0.2, 0.25) is 0 Å². The number of halogens is 1. The second kappa shape index (κ2) is 11.9. The molecule has 0 saturated heterocycles. The number of aromatic nitrogens is 1. The van der Waals surface area contributed by atoms with Crippen molar-refractivity contribution in [2.24, 2.45) is 10.7 Å². The Labute approximate surface area is 173 Å². The van der Waals surface area contributed by atoms with Crippen LogP contribution in [0.15, 0.2) is 29.4 Å². The molecule has 8 heteroatoms. The SMILES string of the molecule is CC(CCN=C(N)NCCc1ccccn1)N(C)C(=O)OC(C)(C)C.I. The second-order valence-corrected chi connectivity index (χ2v) is 6.99. The number of amides is 1. The Balaban J connectivity index is 0.00000625. The summed E-state index contributed by atoms with van der Waals surface area (Å²) in [4.78, 5) is 22.1. The summed E-state index contributed by atoms with van der Waals surface area (Å²) in [6, 6.07) is 5.84. The Bertz CT molecular complexity index is 560. The Hall–Kier alpha value is -1.58. The first-order chi connectivity index (χ1) is 11.7. The van der Waals surface area contributed by atoms with Gasteiger partial charge in [-0.1, -0.05) is 6.07 Å². The molecule has 0 radical (unpaired) electrons. The first kappa shape index (κ1) is 24.4. The molecule has 0 aliphatic carbocycles. The zero-order valence-corrected chi connectivity index (χ0v) is 18.7. The molecular formula is C18H32IN5O2. The molecule has 0 bridgehead atoms. The normalized spacial score (nSPS) is 12.7. The van der Waals surface area contributed by atoms with E-state index in [1.807, 2.05) is 45.9 Å². The van der Waals surface area contributed by atoms with Crippen LogP contribution in [0, 0.1) is 0 Å². The van der Waals surface area contributed by atoms with Crippen molar-refractivity contribution in [3.05, 3.63) is 30.1 Å². The highest BCUT2D eigenvalue weighted by Crippen LogP contribution is 2.11. The van der Waals surface area contributed by atoms with E-state index < -0.39 is 5.60 Å². The van der Waals surface area contributed by atoms with Crippen LogP contribution in [0.4, 0.5) is 4.79 Å². The lowest BCUT2D eigenvalue weighted by Crippen LogP contribution is -2.40. The van der Waals surface area contributed by atoms with E-state index in [-0.39, 0.29) is 36.1 Å². The van der Waals surface area contributed by atoms with E-state index in [4.69, 9.17) is 10.5 Å². The zero-order valence-electron chi connectivity index (χ0n) is 16.4. The summed E-state index contributed by atoms with van der Waals surface area (Å²) < 4.78 is 5.35. The number of guanidine groups is 1. The standard InChI is InChI=1S/C18H31N5O2.HI/c1-14(23(5)17(24)25-18(2,3)4)9-12-21-16(19)22-13-10-15-8-6-7-11-20-15;/h6-8,11,14H,9-10,12-13H2,1-5H3,(H3,19,21,22);1H. The van der Waals surface area contributed by atoms with Gasteiger partial charge in [0.2, 0.25) is 0 Å². The summed E-state index contributed by atoms with van der Waals surface area (Å²) in [5.41, 5.74) is 6.37. The van der Waals surface area contributed by atoms with Gasteiger partial charge in [-0.25, -0.2) is 4.79 Å². The Morgan fingerprint density at radius 3 is 2.69 bits per heavy atom. The fourth-order valence-electron chi connectivity index (χ4n) is 2.00. The number of carbonyl (C=O) groups is 1. The third-order valence-corrected chi connectivity index (χ3v) is 3.59. The van der Waals surface area contributed by atoms with Gasteiger partial charge in [0.05, 0.1) is 0 Å². The number of ether oxygens (including phenoxy) is 1. The quantitative estimate of drug-likeness (QED) is 0.358. The average Bonchev–Trinajstić information content (AvgIpc) is 2.53. The van der Waals surface area contributed by atoms with Crippen molar-refractivity contribution < 1.29 is 9.53 Å². The minimum Gasteiger partial charge on any atom is -0.444 e. The van der Waals surface area contributed by atoms with Gasteiger partial charge < -0.3 is 20.7 Å². The molecule has 0 aliphatic heterocycles. The van der Waals surface area contributed by atoms with Gasteiger partial charge in [0.25, 0.3) is 0 Å². The molecule has 1 heterocycles. The minimum atomic E-state index is -0.495. The number of hydrogen-bond acceptors (Lipinski definition) is 4. The van der Waals surface area contributed by atoms with Gasteiger partial charge in [0.15, 0.2) is 5.96 Å². The maximum Gasteiger partial charge on any atom is 0.410 e. The predicted molar refractivity (Wildman–Crippen MR) is 116 cm³/mol. The Morgan fingerprint density at radius 2 is 2.12 bits per heavy atom. The summed E-state index contributed by atoms with van der Waals surface area (Å²) in [5.74, 6) is 0.406. The lowest BCUT2D eigenvalue weighted by Gasteiger charge is -2.28. The molecule has 0 aliphatic rings. The highest BCUT2D eigenvalue weighted by atomic mass is 127. The van der Waals surface area contributed by atoms with Gasteiger partial charge >= 0.3 is 6.09 Å². The van der Waals surface area contributed by atoms with Crippen LogP contribution < -0.4 is 11.1 Å². The second-order valence-electron chi connectivity index (χ2n) is 6.99. The van der Waals surface area contributed by atoms with Crippen LogP contribution in [0.25, 0.3) is 0 Å². The fourth-order valence-corrected chi connectivity index (χ4v) is 2.00. The smallest absolute Gasteiger partial charge is 0.410 e. The predicted octanol–water partition coefficient (Wildman–Crippen LogP) is 2.79. The summed E-state index contributed by atoms with van der Waals surface area (Å²) >= 11 is 0. The van der Waals surface area contributed by atoms with Crippen molar-refractivity contribution >= 4 is 36.0 Å². The molecule has 1 rings (SSSR count). The van der Waals surface area contributed by atoms with E-state index in [0.29, 0.717) is 25.5 Å². The van der Waals surface area contributed by atoms with Crippen LogP contribution in [0.5, 0.6) is 0 Å². The summed E-state index contributed by atoms with van der Waals surface area (Å²) in [7, 11) is 1.73. The van der Waals surface area contributed by atoms with Crippen LogP contribution in [0.3, 0.4) is 0 Å². The van der Waals surface area contributed by atoms with Crippen LogP contribution in [-0.4, -0.2) is 53.7 Å². The first-order valence-corrected chi connectivity index (χ1v) is 8.58. The number of rotatable bonds is 7. The lowest BCUT2D eigenvalue weighted by molar-refractivity contribution is 0.0231. The van der Waals surface area contributed by atoms with E-state index in [2.05, 4.69) is 15.3 Å². The Morgan fingerprint density at radius 1 is 1.42 bits per heavy atom. The highest BCUT2D eigenvalue weighted by Gasteiger charge is 2.22. The van der Waals surface area contributed by atoms with E-state index in [9.17, 15) is 4.79 Å². The van der Waals surface area contributed by atoms with E-state index in [1.54, 1.807) is 18.1 Å². The van der Waals surface area contributed by atoms with Gasteiger partial charge in [0.1, 0.15) is 5.60 Å². The summed E-state index contributed by atoms with van der Waals surface area (Å²) in [6.45, 7) is 8.74. The van der Waals surface area contributed by atoms with Crippen molar-refractivity contribution in [2.75, 3.05) is 20.1 Å². The van der Waals surface area contributed by atoms with E-state index in [0.717, 1.165) is 12.1 Å². The number of nitrogens with two attached hydrogens (primary N) is 1. The fraction of sp³-hybridized carbons (Fsp3) is 0.611. The third-order valence-electron chi connectivity index (χ3n) is 3.59. The van der Waals surface area contributed by atoms with Crippen molar-refractivity contribution in [2.45, 2.75) is 52.2 Å². The number of pyridine rings is 1. The molecule has 1 amide bonds. The van der Waals surface area contributed by atoms with Crippen LogP contribution >= 0.6 is 24.0 Å². The molecule has 26 heavy (non-hydrogen) atoms. The van der Waals surface area contributed by atoms with Crippen molar-refractivity contribution in [1.29, 1.82) is 0 Å². The Kier molecular flexibility index (Phi) is 11.2. The number of aliphatic imine (C=N–C) groups is 1. The molecule has 1 aromatic rings. The van der Waals surface area contributed by atoms with Gasteiger partial charge in [-0.05, 0) is 46.2 Å². The monoisotopic (exact) mass is 477 g/mol.